The van der Waals surface area contributed by atoms with Crippen LogP contribution in [-0.2, 0) is 14.8 Å². The van der Waals surface area contributed by atoms with Crippen molar-refractivity contribution in [2.75, 3.05) is 0 Å². The SMILES string of the molecule is CC(C)(C)[C@@H]1[C@H]([N+](=O)[O-])[C@H](c2ccccc2)N(S(=O)(=O)c2ccccc2)[C@@H]1C(=O)O. The van der Waals surface area contributed by atoms with Gasteiger partial charge >= 0.3 is 5.97 Å². The van der Waals surface area contributed by atoms with Crippen LogP contribution in [0.15, 0.2) is 65.6 Å². The number of carboxylic acids is 1. The Bertz CT molecular complexity index is 1030. The molecule has 30 heavy (non-hydrogen) atoms. The van der Waals surface area contributed by atoms with Crippen molar-refractivity contribution >= 4 is 16.0 Å². The summed E-state index contributed by atoms with van der Waals surface area (Å²) in [5.41, 5.74) is -0.453. The number of rotatable bonds is 5. The van der Waals surface area contributed by atoms with Crippen molar-refractivity contribution in [3.05, 3.63) is 76.3 Å². The fourth-order valence-electron chi connectivity index (χ4n) is 4.37. The predicted octanol–water partition coefficient (Wildman–Crippen LogP) is 3.19. The smallest absolute Gasteiger partial charge is 0.322 e. The number of carboxylic acid groups (broad SMARTS) is 1. The van der Waals surface area contributed by atoms with Crippen LogP contribution < -0.4 is 0 Å². The molecule has 4 atom stereocenters. The Hall–Kier alpha value is -2.78. The number of benzene rings is 2. The Labute approximate surface area is 175 Å². The van der Waals surface area contributed by atoms with Crippen molar-refractivity contribution in [1.29, 1.82) is 0 Å². The van der Waals surface area contributed by atoms with Crippen LogP contribution in [0.2, 0.25) is 0 Å². The molecule has 9 heteroatoms. The van der Waals surface area contributed by atoms with Gasteiger partial charge in [0.15, 0.2) is 0 Å². The zero-order valence-corrected chi connectivity index (χ0v) is 17.7. The van der Waals surface area contributed by atoms with Crippen molar-refractivity contribution in [2.45, 2.75) is 43.8 Å². The van der Waals surface area contributed by atoms with E-state index in [2.05, 4.69) is 0 Å². The van der Waals surface area contributed by atoms with E-state index in [0.717, 1.165) is 4.31 Å². The van der Waals surface area contributed by atoms with E-state index < -0.39 is 50.4 Å². The van der Waals surface area contributed by atoms with E-state index in [1.54, 1.807) is 57.2 Å². The normalized spacial score (nSPS) is 25.2. The highest BCUT2D eigenvalue weighted by Gasteiger charge is 2.65. The van der Waals surface area contributed by atoms with Crippen molar-refractivity contribution < 1.29 is 23.2 Å². The minimum absolute atomic E-state index is 0.103. The van der Waals surface area contributed by atoms with Crippen LogP contribution in [0.1, 0.15) is 32.4 Å². The van der Waals surface area contributed by atoms with Gasteiger partial charge in [0.25, 0.3) is 0 Å². The summed E-state index contributed by atoms with van der Waals surface area (Å²) < 4.78 is 28.1. The van der Waals surface area contributed by atoms with Gasteiger partial charge < -0.3 is 5.11 Å². The molecule has 0 aromatic heterocycles. The Morgan fingerprint density at radius 1 is 1.03 bits per heavy atom. The van der Waals surface area contributed by atoms with Crippen LogP contribution >= 0.6 is 0 Å². The molecule has 1 N–H and O–H groups in total. The van der Waals surface area contributed by atoms with Crippen molar-refractivity contribution in [2.24, 2.45) is 11.3 Å². The first-order valence-electron chi connectivity index (χ1n) is 9.47. The van der Waals surface area contributed by atoms with E-state index in [0.29, 0.717) is 5.56 Å². The summed E-state index contributed by atoms with van der Waals surface area (Å²) in [5, 5.41) is 22.3. The molecule has 0 bridgehead atoms. The van der Waals surface area contributed by atoms with Gasteiger partial charge in [0.2, 0.25) is 16.1 Å². The predicted molar refractivity (Wildman–Crippen MR) is 110 cm³/mol. The number of nitro groups is 1. The second-order valence-electron chi connectivity index (χ2n) is 8.45. The maximum absolute atomic E-state index is 13.6. The molecule has 160 valence electrons. The Kier molecular flexibility index (Phi) is 5.70. The van der Waals surface area contributed by atoms with Crippen molar-refractivity contribution in [1.82, 2.24) is 4.31 Å². The van der Waals surface area contributed by atoms with Gasteiger partial charge in [0.05, 0.1) is 10.8 Å². The molecule has 0 radical (unpaired) electrons. The molecular formula is C21H24N2O6S. The molecule has 8 nitrogen and oxygen atoms in total. The molecule has 3 rings (SSSR count). The minimum atomic E-state index is -4.34. The lowest BCUT2D eigenvalue weighted by molar-refractivity contribution is -0.536. The molecular weight excluding hydrogens is 408 g/mol. The molecule has 1 aliphatic heterocycles. The lowest BCUT2D eigenvalue weighted by Gasteiger charge is -2.31. The molecule has 0 saturated carbocycles. The van der Waals surface area contributed by atoms with Crippen LogP contribution in [-0.4, -0.2) is 40.8 Å². The van der Waals surface area contributed by atoms with Crippen LogP contribution in [0.3, 0.4) is 0 Å². The van der Waals surface area contributed by atoms with Crippen molar-refractivity contribution in [3.63, 3.8) is 0 Å². The number of aliphatic carboxylic acids is 1. The molecule has 1 heterocycles. The van der Waals surface area contributed by atoms with Gasteiger partial charge in [-0.05, 0) is 23.1 Å². The van der Waals surface area contributed by atoms with E-state index in [1.165, 1.54) is 24.3 Å². The first-order valence-corrected chi connectivity index (χ1v) is 10.9. The maximum Gasteiger partial charge on any atom is 0.322 e. The van der Waals surface area contributed by atoms with E-state index in [1.807, 2.05) is 0 Å². The summed E-state index contributed by atoms with van der Waals surface area (Å²) in [7, 11) is -4.34. The summed E-state index contributed by atoms with van der Waals surface area (Å²) >= 11 is 0. The molecule has 0 amide bonds. The highest BCUT2D eigenvalue weighted by molar-refractivity contribution is 7.89. The van der Waals surface area contributed by atoms with Crippen LogP contribution in [0.25, 0.3) is 0 Å². The Balaban J connectivity index is 2.34. The lowest BCUT2D eigenvalue weighted by atomic mass is 9.73. The van der Waals surface area contributed by atoms with Gasteiger partial charge in [-0.15, -0.1) is 0 Å². The average molecular weight is 432 g/mol. The third-order valence-electron chi connectivity index (χ3n) is 5.54. The van der Waals surface area contributed by atoms with E-state index in [4.69, 9.17) is 0 Å². The quantitative estimate of drug-likeness (QED) is 0.573. The molecule has 0 spiro atoms. The number of nitrogens with zero attached hydrogens (tertiary/aromatic N) is 2. The monoisotopic (exact) mass is 432 g/mol. The van der Waals surface area contributed by atoms with Gasteiger partial charge in [-0.1, -0.05) is 69.3 Å². The van der Waals surface area contributed by atoms with E-state index in [-0.39, 0.29) is 4.90 Å². The molecule has 2 aromatic carbocycles. The molecule has 2 aromatic rings. The summed E-state index contributed by atoms with van der Waals surface area (Å²) in [5.74, 6) is -2.45. The van der Waals surface area contributed by atoms with Crippen molar-refractivity contribution in [3.8, 4) is 0 Å². The summed E-state index contributed by atoms with van der Waals surface area (Å²) in [6, 6.07) is 11.4. The zero-order chi connectivity index (χ0) is 22.3. The zero-order valence-electron chi connectivity index (χ0n) is 16.9. The first kappa shape index (κ1) is 21.9. The number of hydrogen-bond donors (Lipinski definition) is 1. The number of hydrogen-bond acceptors (Lipinski definition) is 5. The number of sulfonamides is 1. The first-order chi connectivity index (χ1) is 14.0. The summed E-state index contributed by atoms with van der Waals surface area (Å²) in [6.07, 6.45) is 0. The third kappa shape index (κ3) is 3.70. The standard InChI is InChI=1S/C21H24N2O6S/c1-21(2,3)16-18(23(26)27)17(14-10-6-4-7-11-14)22(19(16)20(24)25)30(28,29)15-12-8-5-9-13-15/h4-13,16-19H,1-3H3,(H,24,25)/t16-,17+,18+,19+/m1/s1. The van der Waals surface area contributed by atoms with E-state index in [9.17, 15) is 28.4 Å². The summed E-state index contributed by atoms with van der Waals surface area (Å²) in [4.78, 5) is 23.9. The van der Waals surface area contributed by atoms with Gasteiger partial charge in [0, 0.05) is 4.92 Å². The maximum atomic E-state index is 13.6. The fourth-order valence-corrected chi connectivity index (χ4v) is 6.18. The topological polar surface area (TPSA) is 118 Å². The highest BCUT2D eigenvalue weighted by atomic mass is 32.2. The van der Waals surface area contributed by atoms with Gasteiger partial charge in [0.1, 0.15) is 12.1 Å². The largest absolute Gasteiger partial charge is 0.480 e. The molecule has 1 aliphatic rings. The Morgan fingerprint density at radius 3 is 1.97 bits per heavy atom. The molecule has 0 aliphatic carbocycles. The van der Waals surface area contributed by atoms with Crippen LogP contribution in [0.4, 0.5) is 0 Å². The molecule has 0 unspecified atom stereocenters. The van der Waals surface area contributed by atoms with Gasteiger partial charge in [-0.3, -0.25) is 14.9 Å². The van der Waals surface area contributed by atoms with Gasteiger partial charge in [-0.25, -0.2) is 8.42 Å². The van der Waals surface area contributed by atoms with Crippen LogP contribution in [0.5, 0.6) is 0 Å². The average Bonchev–Trinajstić information content (AvgIpc) is 3.07. The third-order valence-corrected chi connectivity index (χ3v) is 7.41. The summed E-state index contributed by atoms with van der Waals surface area (Å²) in [6.45, 7) is 5.10. The molecule has 1 fully saturated rings. The Morgan fingerprint density at radius 2 is 1.53 bits per heavy atom. The molecule has 1 saturated heterocycles. The second-order valence-corrected chi connectivity index (χ2v) is 10.3. The number of carbonyl (C=O) groups is 1. The second kappa shape index (κ2) is 7.81. The van der Waals surface area contributed by atoms with E-state index >= 15 is 0 Å². The van der Waals surface area contributed by atoms with Crippen LogP contribution in [0, 0.1) is 21.4 Å². The fraction of sp³-hybridized carbons (Fsp3) is 0.381. The van der Waals surface area contributed by atoms with Gasteiger partial charge in [-0.2, -0.15) is 4.31 Å². The minimum Gasteiger partial charge on any atom is -0.480 e. The lowest BCUT2D eigenvalue weighted by Crippen LogP contribution is -2.47. The highest BCUT2D eigenvalue weighted by Crippen LogP contribution is 2.51.